The molecule has 0 aliphatic heterocycles. The molecule has 0 saturated carbocycles. The van der Waals surface area contributed by atoms with Crippen molar-refractivity contribution in [2.45, 2.75) is 33.8 Å². The molecule has 2 N–H and O–H groups in total. The summed E-state index contributed by atoms with van der Waals surface area (Å²) < 4.78 is 0. The van der Waals surface area contributed by atoms with Crippen molar-refractivity contribution in [1.82, 2.24) is 0 Å². The van der Waals surface area contributed by atoms with E-state index < -0.39 is 0 Å². The van der Waals surface area contributed by atoms with Gasteiger partial charge in [0.05, 0.1) is 6.61 Å². The molecule has 0 aliphatic rings. The summed E-state index contributed by atoms with van der Waals surface area (Å²) in [5.41, 5.74) is 5.13. The van der Waals surface area contributed by atoms with Crippen molar-refractivity contribution in [3.8, 4) is 0 Å². The van der Waals surface area contributed by atoms with Crippen molar-refractivity contribution in [1.29, 1.82) is 0 Å². The second-order valence-corrected chi connectivity index (χ2v) is 3.36. The first-order valence-electron chi connectivity index (χ1n) is 4.59. The van der Waals surface area contributed by atoms with Crippen LogP contribution in [0.25, 0.3) is 0 Å². The molecule has 13 heavy (non-hydrogen) atoms. The highest BCUT2D eigenvalue weighted by Crippen LogP contribution is 2.17. The van der Waals surface area contributed by atoms with Crippen LogP contribution in [0.1, 0.15) is 29.2 Å². The Morgan fingerprint density at radius 1 is 1.31 bits per heavy atom. The molecule has 1 aromatic carbocycles. The van der Waals surface area contributed by atoms with Crippen LogP contribution in [-0.2, 0) is 17.9 Å². The quantitative estimate of drug-likeness (QED) is 0.722. The van der Waals surface area contributed by atoms with E-state index in [1.54, 1.807) is 0 Å². The first kappa shape index (κ1) is 10.2. The Kier molecular flexibility index (Phi) is 3.46. The minimum absolute atomic E-state index is 0.501. The summed E-state index contributed by atoms with van der Waals surface area (Å²) in [7, 11) is 0. The Bertz CT molecular complexity index is 294. The first-order valence-corrected chi connectivity index (χ1v) is 4.59. The van der Waals surface area contributed by atoms with Crippen LogP contribution in [0.3, 0.4) is 0 Å². The van der Waals surface area contributed by atoms with E-state index in [4.69, 9.17) is 5.90 Å². The maximum absolute atomic E-state index is 5.07. The van der Waals surface area contributed by atoms with Crippen LogP contribution >= 0.6 is 0 Å². The number of aryl methyl sites for hydroxylation is 2. The maximum Gasteiger partial charge on any atom is 0.0932 e. The smallest absolute Gasteiger partial charge is 0.0932 e. The molecule has 2 heteroatoms. The van der Waals surface area contributed by atoms with Gasteiger partial charge in [0, 0.05) is 0 Å². The van der Waals surface area contributed by atoms with Crippen molar-refractivity contribution in [2.75, 3.05) is 0 Å². The fraction of sp³-hybridized carbons (Fsp3) is 0.455. The summed E-state index contributed by atoms with van der Waals surface area (Å²) in [5, 5.41) is 0. The highest BCUT2D eigenvalue weighted by atomic mass is 16.6. The third-order valence-corrected chi connectivity index (χ3v) is 2.48. The second-order valence-electron chi connectivity index (χ2n) is 3.36. The topological polar surface area (TPSA) is 35.2 Å². The molecule has 0 aromatic heterocycles. The van der Waals surface area contributed by atoms with E-state index >= 15 is 0 Å². The Morgan fingerprint density at radius 3 is 2.54 bits per heavy atom. The highest BCUT2D eigenvalue weighted by molar-refractivity contribution is 5.37. The average Bonchev–Trinajstić information content (AvgIpc) is 2.13. The third-order valence-electron chi connectivity index (χ3n) is 2.48. The summed E-state index contributed by atoms with van der Waals surface area (Å²) in [6.07, 6.45) is 1.05. The van der Waals surface area contributed by atoms with Gasteiger partial charge in [0.25, 0.3) is 0 Å². The normalized spacial score (nSPS) is 10.5. The van der Waals surface area contributed by atoms with Crippen molar-refractivity contribution in [2.24, 2.45) is 5.90 Å². The van der Waals surface area contributed by atoms with Gasteiger partial charge in [-0.15, -0.1) is 0 Å². The van der Waals surface area contributed by atoms with Gasteiger partial charge in [0.15, 0.2) is 0 Å². The highest BCUT2D eigenvalue weighted by Gasteiger charge is 2.03. The molecule has 0 saturated heterocycles. The van der Waals surface area contributed by atoms with Crippen LogP contribution < -0.4 is 5.90 Å². The lowest BCUT2D eigenvalue weighted by molar-refractivity contribution is 0.123. The van der Waals surface area contributed by atoms with E-state index in [0.717, 1.165) is 6.42 Å². The molecule has 0 amide bonds. The molecule has 0 aliphatic carbocycles. The SMILES string of the molecule is CCc1cc(C)c(C)c(CON)c1. The molecule has 72 valence electrons. The number of nitrogens with two attached hydrogens (primary N) is 1. The van der Waals surface area contributed by atoms with E-state index in [2.05, 4.69) is 37.7 Å². The third kappa shape index (κ3) is 2.29. The van der Waals surface area contributed by atoms with Crippen molar-refractivity contribution >= 4 is 0 Å². The van der Waals surface area contributed by atoms with Crippen LogP contribution in [0.15, 0.2) is 12.1 Å². The molecule has 0 heterocycles. The Morgan fingerprint density at radius 2 is 2.00 bits per heavy atom. The summed E-state index contributed by atoms with van der Waals surface area (Å²) in [4.78, 5) is 4.66. The fourth-order valence-corrected chi connectivity index (χ4v) is 1.46. The van der Waals surface area contributed by atoms with Gasteiger partial charge < -0.3 is 0 Å². The van der Waals surface area contributed by atoms with E-state index in [0.29, 0.717) is 6.61 Å². The molecule has 2 nitrogen and oxygen atoms in total. The van der Waals surface area contributed by atoms with Gasteiger partial charge in [-0.1, -0.05) is 19.1 Å². The lowest BCUT2D eigenvalue weighted by atomic mass is 9.99. The zero-order valence-corrected chi connectivity index (χ0v) is 8.55. The molecule has 0 atom stereocenters. The molecule has 0 unspecified atom stereocenters. The zero-order valence-electron chi connectivity index (χ0n) is 8.55. The van der Waals surface area contributed by atoms with E-state index in [1.807, 2.05) is 0 Å². The van der Waals surface area contributed by atoms with Crippen LogP contribution in [-0.4, -0.2) is 0 Å². The maximum atomic E-state index is 5.07. The number of hydrogen-bond acceptors (Lipinski definition) is 2. The molecular weight excluding hydrogens is 162 g/mol. The molecular formula is C11H17NO. The molecule has 0 bridgehead atoms. The molecule has 0 fully saturated rings. The standard InChI is InChI=1S/C11H17NO/c1-4-10-5-8(2)9(3)11(6-10)7-13-12/h5-6H,4,7,12H2,1-3H3. The predicted molar refractivity (Wildman–Crippen MR) is 54.3 cm³/mol. The lowest BCUT2D eigenvalue weighted by Gasteiger charge is -2.10. The van der Waals surface area contributed by atoms with Crippen molar-refractivity contribution in [3.63, 3.8) is 0 Å². The Labute approximate surface area is 79.7 Å². The van der Waals surface area contributed by atoms with E-state index in [9.17, 15) is 0 Å². The fourth-order valence-electron chi connectivity index (χ4n) is 1.46. The van der Waals surface area contributed by atoms with Gasteiger partial charge in [-0.25, -0.2) is 5.90 Å². The van der Waals surface area contributed by atoms with Crippen molar-refractivity contribution < 1.29 is 4.84 Å². The lowest BCUT2D eigenvalue weighted by Crippen LogP contribution is -2.02. The van der Waals surface area contributed by atoms with Crippen molar-refractivity contribution in [3.05, 3.63) is 34.4 Å². The second kappa shape index (κ2) is 4.40. The minimum Gasteiger partial charge on any atom is -0.300 e. The summed E-state index contributed by atoms with van der Waals surface area (Å²) in [5.74, 6) is 5.07. The largest absolute Gasteiger partial charge is 0.300 e. The van der Waals surface area contributed by atoms with Crippen LogP contribution in [0, 0.1) is 13.8 Å². The van der Waals surface area contributed by atoms with E-state index in [1.165, 1.54) is 22.3 Å². The Hall–Kier alpha value is -0.860. The van der Waals surface area contributed by atoms with Gasteiger partial charge >= 0.3 is 0 Å². The van der Waals surface area contributed by atoms with Crippen LogP contribution in [0.2, 0.25) is 0 Å². The molecule has 0 radical (unpaired) electrons. The number of benzene rings is 1. The molecule has 1 rings (SSSR count). The monoisotopic (exact) mass is 179 g/mol. The predicted octanol–water partition coefficient (Wildman–Crippen LogP) is 2.26. The number of hydrogen-bond donors (Lipinski definition) is 1. The van der Waals surface area contributed by atoms with Gasteiger partial charge in [-0.3, -0.25) is 4.84 Å². The van der Waals surface area contributed by atoms with Crippen LogP contribution in [0.5, 0.6) is 0 Å². The minimum atomic E-state index is 0.501. The first-order chi connectivity index (χ1) is 6.19. The summed E-state index contributed by atoms with van der Waals surface area (Å²) in [6, 6.07) is 4.38. The number of rotatable bonds is 3. The summed E-state index contributed by atoms with van der Waals surface area (Å²) >= 11 is 0. The zero-order chi connectivity index (χ0) is 9.84. The van der Waals surface area contributed by atoms with Crippen LogP contribution in [0.4, 0.5) is 0 Å². The van der Waals surface area contributed by atoms with Gasteiger partial charge in [-0.2, -0.15) is 0 Å². The molecule has 0 spiro atoms. The average molecular weight is 179 g/mol. The van der Waals surface area contributed by atoms with Gasteiger partial charge in [-0.05, 0) is 42.5 Å². The Balaban J connectivity index is 3.09. The van der Waals surface area contributed by atoms with E-state index in [-0.39, 0.29) is 0 Å². The molecule has 1 aromatic rings. The van der Waals surface area contributed by atoms with Gasteiger partial charge in [0.2, 0.25) is 0 Å². The van der Waals surface area contributed by atoms with Gasteiger partial charge in [0.1, 0.15) is 0 Å². The summed E-state index contributed by atoms with van der Waals surface area (Å²) in [6.45, 7) is 6.87.